The number of nitrogens with zero attached hydrogens (tertiary/aromatic N) is 1. The molecule has 0 aromatic heterocycles. The van der Waals surface area contributed by atoms with E-state index in [0.29, 0.717) is 11.8 Å². The Hall–Kier alpha value is -1.06. The first-order valence-corrected chi connectivity index (χ1v) is 7.51. The third-order valence-electron chi connectivity index (χ3n) is 3.96. The summed E-state index contributed by atoms with van der Waals surface area (Å²) in [6, 6.07) is 8.79. The summed E-state index contributed by atoms with van der Waals surface area (Å²) in [4.78, 5) is 2.57. The van der Waals surface area contributed by atoms with E-state index in [1.165, 1.54) is 18.4 Å². The lowest BCUT2D eigenvalue weighted by atomic mass is 10.0. The molecule has 1 aliphatic carbocycles. The number of hydrogen-bond donors (Lipinski definition) is 2. The highest BCUT2D eigenvalue weighted by atomic mass is 16.3. The quantitative estimate of drug-likeness (QED) is 0.756. The predicted molar refractivity (Wildman–Crippen MR) is 79.4 cm³/mol. The maximum atomic E-state index is 9.33. The molecule has 0 saturated heterocycles. The van der Waals surface area contributed by atoms with E-state index in [2.05, 4.69) is 24.1 Å². The molecule has 0 heterocycles. The minimum absolute atomic E-state index is 0.337. The Morgan fingerprint density at radius 1 is 1.26 bits per heavy atom. The molecule has 3 nitrogen and oxygen atoms in total. The van der Waals surface area contributed by atoms with E-state index < -0.39 is 0 Å². The van der Waals surface area contributed by atoms with E-state index in [0.717, 1.165) is 32.1 Å². The number of benzene rings is 1. The van der Waals surface area contributed by atoms with E-state index >= 15 is 0 Å². The predicted octanol–water partition coefficient (Wildman–Crippen LogP) is 2.92. The zero-order chi connectivity index (χ0) is 13.7. The first-order valence-electron chi connectivity index (χ1n) is 7.51. The molecule has 2 N–H and O–H groups in total. The largest absolute Gasteiger partial charge is 0.508 e. The van der Waals surface area contributed by atoms with Crippen molar-refractivity contribution < 1.29 is 5.11 Å². The molecule has 1 aromatic rings. The highest BCUT2D eigenvalue weighted by Gasteiger charge is 2.27. The number of rotatable bonds is 8. The van der Waals surface area contributed by atoms with Crippen LogP contribution in [0.25, 0.3) is 0 Å². The standard InChI is InChI=1S/C16H26N2O/c1-3-16(13-5-9-15(19)10-6-13)17-11-12-18(4-2)14-7-8-14/h5-6,9-10,14,16-17,19H,3-4,7-8,11-12H2,1-2H3. The van der Waals surface area contributed by atoms with Crippen LogP contribution in [0.2, 0.25) is 0 Å². The molecule has 2 rings (SSSR count). The van der Waals surface area contributed by atoms with E-state index in [4.69, 9.17) is 0 Å². The van der Waals surface area contributed by atoms with Crippen molar-refractivity contribution in [2.45, 2.75) is 45.2 Å². The Bertz CT molecular complexity index is 373. The lowest BCUT2D eigenvalue weighted by Gasteiger charge is -2.23. The van der Waals surface area contributed by atoms with Crippen LogP contribution in [-0.4, -0.2) is 35.7 Å². The number of nitrogens with one attached hydrogen (secondary N) is 1. The molecule has 1 saturated carbocycles. The van der Waals surface area contributed by atoms with Gasteiger partial charge in [-0.1, -0.05) is 26.0 Å². The summed E-state index contributed by atoms with van der Waals surface area (Å²) in [7, 11) is 0. The second kappa shape index (κ2) is 6.92. The van der Waals surface area contributed by atoms with Crippen LogP contribution < -0.4 is 5.32 Å². The Balaban J connectivity index is 1.80. The molecular weight excluding hydrogens is 236 g/mol. The Morgan fingerprint density at radius 3 is 2.47 bits per heavy atom. The van der Waals surface area contributed by atoms with Gasteiger partial charge in [-0.3, -0.25) is 4.90 Å². The molecule has 0 amide bonds. The van der Waals surface area contributed by atoms with Gasteiger partial charge in [0.05, 0.1) is 0 Å². The molecule has 0 spiro atoms. The van der Waals surface area contributed by atoms with Crippen molar-refractivity contribution in [3.63, 3.8) is 0 Å². The molecular formula is C16H26N2O. The number of likely N-dealkylation sites (N-methyl/N-ethyl adjacent to an activating group) is 1. The van der Waals surface area contributed by atoms with Crippen molar-refractivity contribution in [3.8, 4) is 5.75 Å². The summed E-state index contributed by atoms with van der Waals surface area (Å²) in [6.45, 7) is 7.76. The van der Waals surface area contributed by atoms with E-state index in [9.17, 15) is 5.11 Å². The van der Waals surface area contributed by atoms with Gasteiger partial charge in [-0.2, -0.15) is 0 Å². The summed E-state index contributed by atoms with van der Waals surface area (Å²) in [5, 5.41) is 13.0. The number of phenols is 1. The van der Waals surface area contributed by atoms with Gasteiger partial charge in [0.1, 0.15) is 5.75 Å². The van der Waals surface area contributed by atoms with Gasteiger partial charge in [-0.25, -0.2) is 0 Å². The molecule has 1 aliphatic rings. The zero-order valence-corrected chi connectivity index (χ0v) is 12.1. The third-order valence-corrected chi connectivity index (χ3v) is 3.96. The van der Waals surface area contributed by atoms with Crippen LogP contribution in [0.4, 0.5) is 0 Å². The van der Waals surface area contributed by atoms with E-state index in [1.54, 1.807) is 12.1 Å². The van der Waals surface area contributed by atoms with Gasteiger partial charge >= 0.3 is 0 Å². The van der Waals surface area contributed by atoms with Gasteiger partial charge in [-0.05, 0) is 43.5 Å². The SMILES string of the molecule is CCC(NCCN(CC)C1CC1)c1ccc(O)cc1. The van der Waals surface area contributed by atoms with Crippen LogP contribution in [0.1, 0.15) is 44.7 Å². The Kier molecular flexibility index (Phi) is 5.23. The minimum atomic E-state index is 0.337. The first kappa shape index (κ1) is 14.4. The average Bonchev–Trinajstić information content (AvgIpc) is 3.25. The van der Waals surface area contributed by atoms with Crippen molar-refractivity contribution in [1.82, 2.24) is 10.2 Å². The third kappa shape index (κ3) is 4.22. The van der Waals surface area contributed by atoms with Crippen molar-refractivity contribution in [3.05, 3.63) is 29.8 Å². The van der Waals surface area contributed by atoms with Crippen molar-refractivity contribution >= 4 is 0 Å². The second-order valence-electron chi connectivity index (χ2n) is 5.37. The van der Waals surface area contributed by atoms with Gasteiger partial charge in [-0.15, -0.1) is 0 Å². The molecule has 3 heteroatoms. The maximum Gasteiger partial charge on any atom is 0.115 e. The lowest BCUT2D eigenvalue weighted by molar-refractivity contribution is 0.271. The van der Waals surface area contributed by atoms with Crippen LogP contribution in [0.15, 0.2) is 24.3 Å². The molecule has 106 valence electrons. The molecule has 1 unspecified atom stereocenters. The molecule has 1 aromatic carbocycles. The number of phenolic OH excluding ortho intramolecular Hbond substituents is 1. The highest BCUT2D eigenvalue weighted by Crippen LogP contribution is 2.26. The molecule has 0 radical (unpaired) electrons. The van der Waals surface area contributed by atoms with Gasteiger partial charge in [0, 0.05) is 25.2 Å². The van der Waals surface area contributed by atoms with Crippen LogP contribution in [-0.2, 0) is 0 Å². The summed E-state index contributed by atoms with van der Waals surface area (Å²) in [5.41, 5.74) is 1.26. The lowest BCUT2D eigenvalue weighted by Crippen LogP contribution is -2.35. The Morgan fingerprint density at radius 2 is 1.95 bits per heavy atom. The van der Waals surface area contributed by atoms with E-state index in [-0.39, 0.29) is 0 Å². The van der Waals surface area contributed by atoms with Gasteiger partial charge in [0.15, 0.2) is 0 Å². The zero-order valence-electron chi connectivity index (χ0n) is 12.1. The fourth-order valence-corrected chi connectivity index (χ4v) is 2.63. The number of hydrogen-bond acceptors (Lipinski definition) is 3. The van der Waals surface area contributed by atoms with Crippen molar-refractivity contribution in [2.24, 2.45) is 0 Å². The Labute approximate surface area is 116 Å². The summed E-state index contributed by atoms with van der Waals surface area (Å²) < 4.78 is 0. The van der Waals surface area contributed by atoms with E-state index in [1.807, 2.05) is 12.1 Å². The molecule has 0 aliphatic heterocycles. The summed E-state index contributed by atoms with van der Waals surface area (Å²) in [5.74, 6) is 0.337. The average molecular weight is 262 g/mol. The number of aromatic hydroxyl groups is 1. The maximum absolute atomic E-state index is 9.33. The molecule has 19 heavy (non-hydrogen) atoms. The smallest absolute Gasteiger partial charge is 0.115 e. The topological polar surface area (TPSA) is 35.5 Å². The second-order valence-corrected chi connectivity index (χ2v) is 5.37. The van der Waals surface area contributed by atoms with Gasteiger partial charge < -0.3 is 10.4 Å². The minimum Gasteiger partial charge on any atom is -0.508 e. The summed E-state index contributed by atoms with van der Waals surface area (Å²) >= 11 is 0. The normalized spacial score (nSPS) is 16.8. The van der Waals surface area contributed by atoms with Crippen LogP contribution in [0, 0.1) is 0 Å². The first-order chi connectivity index (χ1) is 9.24. The fraction of sp³-hybridized carbons (Fsp3) is 0.625. The molecule has 1 fully saturated rings. The highest BCUT2D eigenvalue weighted by molar-refractivity contribution is 5.27. The van der Waals surface area contributed by atoms with Crippen LogP contribution >= 0.6 is 0 Å². The van der Waals surface area contributed by atoms with Gasteiger partial charge in [0.2, 0.25) is 0 Å². The molecule has 1 atom stereocenters. The van der Waals surface area contributed by atoms with Crippen molar-refractivity contribution in [1.29, 1.82) is 0 Å². The van der Waals surface area contributed by atoms with Crippen LogP contribution in [0.3, 0.4) is 0 Å². The summed E-state index contributed by atoms with van der Waals surface area (Å²) in [6.07, 6.45) is 3.83. The molecule has 0 bridgehead atoms. The van der Waals surface area contributed by atoms with Crippen molar-refractivity contribution in [2.75, 3.05) is 19.6 Å². The monoisotopic (exact) mass is 262 g/mol. The fourth-order valence-electron chi connectivity index (χ4n) is 2.63. The van der Waals surface area contributed by atoms with Crippen LogP contribution in [0.5, 0.6) is 5.75 Å². The van der Waals surface area contributed by atoms with Gasteiger partial charge in [0.25, 0.3) is 0 Å².